The molecule has 0 spiro atoms. The highest BCUT2D eigenvalue weighted by Gasteiger charge is 2.46. The number of nitrogens with one attached hydrogen (secondary N) is 1. The first-order valence-corrected chi connectivity index (χ1v) is 12.5. The van der Waals surface area contributed by atoms with Crippen LogP contribution in [0.15, 0.2) is 18.2 Å². The predicted molar refractivity (Wildman–Crippen MR) is 119 cm³/mol. The molecule has 1 aromatic carbocycles. The van der Waals surface area contributed by atoms with Crippen molar-refractivity contribution < 1.29 is 22.7 Å². The zero-order chi connectivity index (χ0) is 23.3. The molecule has 1 amide bonds. The van der Waals surface area contributed by atoms with Crippen molar-refractivity contribution in [3.63, 3.8) is 0 Å². The van der Waals surface area contributed by atoms with Gasteiger partial charge >= 0.3 is 6.18 Å². The summed E-state index contributed by atoms with van der Waals surface area (Å²) in [5.74, 6) is 1.92. The zero-order valence-corrected chi connectivity index (χ0v) is 19.5. The molecule has 0 radical (unpaired) electrons. The van der Waals surface area contributed by atoms with Gasteiger partial charge in [-0.15, -0.1) is 0 Å². The molecule has 1 aromatic rings. The maximum atomic E-state index is 13.6. The summed E-state index contributed by atoms with van der Waals surface area (Å²) >= 11 is 0. The quantitative estimate of drug-likeness (QED) is 0.705. The number of hydrogen-bond donors (Lipinski definition) is 1. The molecule has 1 N–H and O–H groups in total. The summed E-state index contributed by atoms with van der Waals surface area (Å²) < 4.78 is 45.3. The standard InChI is InChI=1S/C26H35F3N2O2/c1-15(2)22-10-21(30-24-17-3-4-18(24)14-33-13-17)11-23(22)25(32)31-8-7-16-5-6-20(26(27,28)29)9-19(16)12-31/h5-6,9,15,17-18,21-24,30H,3-4,7-8,10-14H2,1-2H3/t17?,18?,21-,22?,23-,24?/m1/s1. The first kappa shape index (κ1) is 23.2. The molecule has 4 nitrogen and oxygen atoms in total. The van der Waals surface area contributed by atoms with Crippen LogP contribution in [0.5, 0.6) is 0 Å². The number of ether oxygens (including phenoxy) is 1. The third-order valence-corrected chi connectivity index (χ3v) is 8.66. The minimum Gasteiger partial charge on any atom is -0.381 e. The maximum Gasteiger partial charge on any atom is 0.416 e. The predicted octanol–water partition coefficient (Wildman–Crippen LogP) is 4.66. The number of hydrogen-bond acceptors (Lipinski definition) is 3. The zero-order valence-electron chi connectivity index (χ0n) is 19.5. The molecule has 182 valence electrons. The molecular weight excluding hydrogens is 429 g/mol. The largest absolute Gasteiger partial charge is 0.416 e. The van der Waals surface area contributed by atoms with Gasteiger partial charge in [0.1, 0.15) is 0 Å². The highest BCUT2D eigenvalue weighted by molar-refractivity contribution is 5.80. The summed E-state index contributed by atoms with van der Waals surface area (Å²) in [7, 11) is 0. The normalized spacial score (nSPS) is 34.1. The van der Waals surface area contributed by atoms with Crippen molar-refractivity contribution in [2.45, 2.75) is 70.8 Å². The van der Waals surface area contributed by atoms with Crippen LogP contribution in [0.3, 0.4) is 0 Å². The Morgan fingerprint density at radius 2 is 1.85 bits per heavy atom. The molecule has 4 aliphatic rings. The van der Waals surface area contributed by atoms with E-state index in [-0.39, 0.29) is 18.4 Å². The number of fused-ring (bicyclic) bond motifs is 3. The van der Waals surface area contributed by atoms with Crippen LogP contribution >= 0.6 is 0 Å². The Kier molecular flexibility index (Phi) is 6.23. The van der Waals surface area contributed by atoms with E-state index in [1.165, 1.54) is 18.9 Å². The van der Waals surface area contributed by atoms with Crippen molar-refractivity contribution in [2.24, 2.45) is 29.6 Å². The van der Waals surface area contributed by atoms with E-state index in [0.29, 0.717) is 54.3 Å². The van der Waals surface area contributed by atoms with Gasteiger partial charge in [-0.2, -0.15) is 13.2 Å². The van der Waals surface area contributed by atoms with Crippen LogP contribution in [-0.4, -0.2) is 42.6 Å². The Labute approximate surface area is 194 Å². The van der Waals surface area contributed by atoms with Gasteiger partial charge in [0.25, 0.3) is 0 Å². The molecule has 5 rings (SSSR count). The summed E-state index contributed by atoms with van der Waals surface area (Å²) in [6.07, 6.45) is 0.511. The number of rotatable bonds is 4. The van der Waals surface area contributed by atoms with E-state index >= 15 is 0 Å². The van der Waals surface area contributed by atoms with E-state index in [2.05, 4.69) is 19.2 Å². The lowest BCUT2D eigenvalue weighted by molar-refractivity contribution is -0.138. The number of halogens is 3. The van der Waals surface area contributed by atoms with E-state index < -0.39 is 11.7 Å². The number of carbonyl (C=O) groups is 1. The minimum absolute atomic E-state index is 0.0626. The van der Waals surface area contributed by atoms with E-state index in [1.54, 1.807) is 6.07 Å². The Bertz CT molecular complexity index is 871. The molecule has 1 saturated heterocycles. The molecule has 3 fully saturated rings. The fourth-order valence-electron chi connectivity index (χ4n) is 6.84. The monoisotopic (exact) mass is 464 g/mol. The van der Waals surface area contributed by atoms with Crippen LogP contribution in [0.25, 0.3) is 0 Å². The highest BCUT2D eigenvalue weighted by Crippen LogP contribution is 2.42. The fraction of sp³-hybridized carbons (Fsp3) is 0.731. The second-order valence-electron chi connectivity index (χ2n) is 11.0. The lowest BCUT2D eigenvalue weighted by atomic mass is 9.84. The molecule has 5 atom stereocenters. The Hall–Kier alpha value is -1.60. The summed E-state index contributed by atoms with van der Waals surface area (Å²) in [5, 5.41) is 3.92. The fourth-order valence-corrected chi connectivity index (χ4v) is 6.84. The molecule has 2 saturated carbocycles. The Balaban J connectivity index is 1.28. The lowest BCUT2D eigenvalue weighted by Crippen LogP contribution is -2.48. The number of benzene rings is 1. The highest BCUT2D eigenvalue weighted by atomic mass is 19.4. The van der Waals surface area contributed by atoms with E-state index in [9.17, 15) is 18.0 Å². The second-order valence-corrected chi connectivity index (χ2v) is 11.0. The van der Waals surface area contributed by atoms with Crippen LogP contribution in [-0.2, 0) is 28.7 Å². The van der Waals surface area contributed by atoms with Crippen molar-refractivity contribution in [1.82, 2.24) is 10.2 Å². The Morgan fingerprint density at radius 3 is 2.52 bits per heavy atom. The number of amides is 1. The maximum absolute atomic E-state index is 13.6. The van der Waals surface area contributed by atoms with Gasteiger partial charge in [0.2, 0.25) is 5.91 Å². The number of alkyl halides is 3. The molecule has 2 heterocycles. The first-order valence-electron chi connectivity index (χ1n) is 12.5. The molecule has 2 bridgehead atoms. The summed E-state index contributed by atoms with van der Waals surface area (Å²) in [6.45, 7) is 6.91. The third-order valence-electron chi connectivity index (χ3n) is 8.66. The second kappa shape index (κ2) is 8.88. The van der Waals surface area contributed by atoms with Crippen molar-refractivity contribution in [1.29, 1.82) is 0 Å². The van der Waals surface area contributed by atoms with E-state index in [4.69, 9.17) is 4.74 Å². The minimum atomic E-state index is -4.36. The molecule has 33 heavy (non-hydrogen) atoms. The van der Waals surface area contributed by atoms with Crippen molar-refractivity contribution >= 4 is 5.91 Å². The van der Waals surface area contributed by atoms with E-state index in [1.807, 2.05) is 4.90 Å². The smallest absolute Gasteiger partial charge is 0.381 e. The number of carbonyl (C=O) groups excluding carboxylic acids is 1. The molecular formula is C26H35F3N2O2. The van der Waals surface area contributed by atoms with Crippen LogP contribution in [0.1, 0.15) is 56.2 Å². The molecule has 3 unspecified atom stereocenters. The lowest BCUT2D eigenvalue weighted by Gasteiger charge is -2.34. The number of nitrogens with zero attached hydrogens (tertiary/aromatic N) is 1. The van der Waals surface area contributed by atoms with Crippen LogP contribution in [0.4, 0.5) is 13.2 Å². The van der Waals surface area contributed by atoms with Crippen molar-refractivity contribution in [3.05, 3.63) is 34.9 Å². The van der Waals surface area contributed by atoms with Gasteiger partial charge in [-0.1, -0.05) is 19.9 Å². The van der Waals surface area contributed by atoms with Gasteiger partial charge in [0.15, 0.2) is 0 Å². The van der Waals surface area contributed by atoms with Gasteiger partial charge in [-0.05, 0) is 79.0 Å². The summed E-state index contributed by atoms with van der Waals surface area (Å²) in [6, 6.07) is 4.78. The van der Waals surface area contributed by atoms with Crippen LogP contribution < -0.4 is 5.32 Å². The SMILES string of the molecule is CC(C)C1C[C@@H](NC2C3CCC2COC3)C[C@H]1C(=O)N1CCc2ccc(C(F)(F)F)cc2C1. The Morgan fingerprint density at radius 1 is 1.12 bits per heavy atom. The molecule has 0 aromatic heterocycles. The summed E-state index contributed by atoms with van der Waals surface area (Å²) in [4.78, 5) is 15.5. The molecule has 2 aliphatic heterocycles. The third kappa shape index (κ3) is 4.55. The van der Waals surface area contributed by atoms with Gasteiger partial charge in [-0.25, -0.2) is 0 Å². The molecule has 7 heteroatoms. The molecule has 2 aliphatic carbocycles. The average Bonchev–Trinajstić information content (AvgIpc) is 3.28. The first-order chi connectivity index (χ1) is 15.7. The summed E-state index contributed by atoms with van der Waals surface area (Å²) in [5.41, 5.74) is 0.928. The van der Waals surface area contributed by atoms with Crippen LogP contribution in [0, 0.1) is 29.6 Å². The van der Waals surface area contributed by atoms with Crippen LogP contribution in [0.2, 0.25) is 0 Å². The van der Waals surface area contributed by atoms with Crippen molar-refractivity contribution in [2.75, 3.05) is 19.8 Å². The van der Waals surface area contributed by atoms with Gasteiger partial charge in [0, 0.05) is 31.1 Å². The van der Waals surface area contributed by atoms with E-state index in [0.717, 1.165) is 37.7 Å². The van der Waals surface area contributed by atoms with Crippen molar-refractivity contribution in [3.8, 4) is 0 Å². The average molecular weight is 465 g/mol. The van der Waals surface area contributed by atoms with Gasteiger partial charge in [0.05, 0.1) is 18.8 Å². The van der Waals surface area contributed by atoms with Gasteiger partial charge in [-0.3, -0.25) is 4.79 Å². The van der Waals surface area contributed by atoms with Gasteiger partial charge < -0.3 is 15.0 Å². The topological polar surface area (TPSA) is 41.6 Å².